The third kappa shape index (κ3) is 13.4. The minimum atomic E-state index is -0.981. The fourth-order valence-corrected chi connectivity index (χ4v) is 6.36. The Balaban J connectivity index is 1.99. The third-order valence-electron chi connectivity index (χ3n) is 9.04. The van der Waals surface area contributed by atoms with Crippen LogP contribution in [0.2, 0.25) is 0 Å². The van der Waals surface area contributed by atoms with Gasteiger partial charge in [-0.2, -0.15) is 0 Å². The molecule has 2 rings (SSSR count). The van der Waals surface area contributed by atoms with Crippen molar-refractivity contribution < 1.29 is 24.9 Å². The van der Waals surface area contributed by atoms with Crippen LogP contribution in [0, 0.1) is 23.7 Å². The highest BCUT2D eigenvalue weighted by atomic mass is 16.4. The van der Waals surface area contributed by atoms with Crippen LogP contribution in [-0.2, 0) is 9.59 Å². The lowest BCUT2D eigenvalue weighted by atomic mass is 9.82. The van der Waals surface area contributed by atoms with Crippen LogP contribution in [0.5, 0.6) is 0 Å². The van der Waals surface area contributed by atoms with Gasteiger partial charge >= 0.3 is 5.97 Å². The summed E-state index contributed by atoms with van der Waals surface area (Å²) in [6, 6.07) is 0. The molecule has 7 heteroatoms. The summed E-state index contributed by atoms with van der Waals surface area (Å²) in [5, 5.41) is 30.1. The van der Waals surface area contributed by atoms with Crippen LogP contribution in [0.4, 0.5) is 0 Å². The van der Waals surface area contributed by atoms with Crippen molar-refractivity contribution in [1.29, 1.82) is 0 Å². The van der Waals surface area contributed by atoms with E-state index in [0.717, 1.165) is 64.1 Å². The van der Waals surface area contributed by atoms with Crippen molar-refractivity contribution in [3.63, 3.8) is 0 Å². The Kier molecular flexibility index (Phi) is 16.3. The number of carbonyl (C=O) groups is 2. The second-order valence-corrected chi connectivity index (χ2v) is 12.7. The van der Waals surface area contributed by atoms with E-state index in [1.807, 2.05) is 33.8 Å². The van der Waals surface area contributed by atoms with E-state index in [9.17, 15) is 19.8 Å². The molecular formula is C33H58N2O5. The van der Waals surface area contributed by atoms with Crippen LogP contribution in [0.25, 0.3) is 0 Å². The first kappa shape index (κ1) is 34.7. The second kappa shape index (κ2) is 18.8. The molecule has 6 unspecified atom stereocenters. The number of likely N-dealkylation sites (tertiary alicyclic amines) is 2. The highest BCUT2D eigenvalue weighted by Crippen LogP contribution is 2.28. The molecule has 7 nitrogen and oxygen atoms in total. The van der Waals surface area contributed by atoms with E-state index in [0.29, 0.717) is 6.42 Å². The van der Waals surface area contributed by atoms with Crippen LogP contribution < -0.4 is 0 Å². The van der Waals surface area contributed by atoms with E-state index in [2.05, 4.69) is 15.9 Å². The number of carbonyl (C=O) groups excluding carboxylic acids is 1. The monoisotopic (exact) mass is 562 g/mol. The van der Waals surface area contributed by atoms with Crippen molar-refractivity contribution in [1.82, 2.24) is 9.80 Å². The maximum absolute atomic E-state index is 13.1. The third-order valence-corrected chi connectivity index (χ3v) is 9.04. The van der Waals surface area contributed by atoms with Gasteiger partial charge in [-0.25, -0.2) is 0 Å². The molecule has 2 aliphatic heterocycles. The normalized spacial score (nSPS) is 22.5. The highest BCUT2D eigenvalue weighted by Gasteiger charge is 2.25. The molecule has 2 heterocycles. The first-order valence-electron chi connectivity index (χ1n) is 16.0. The van der Waals surface area contributed by atoms with E-state index in [-0.39, 0.29) is 42.0 Å². The number of piperidine rings is 2. The standard InChI is InChI=1S/C33H58N2O5/c1-5-30(36)29(24-35-17-10-7-11-18-35)20-25(2)12-13-31(37)26(3)21-28(14-19-34-15-8-6-9-16-34)22-27(4)32(38)23-33(39)40/h12-13,20,26-30,32,36,38H,5-11,14-19,21-24H2,1-4H3,(H,39,40). The van der Waals surface area contributed by atoms with E-state index in [4.69, 9.17) is 5.11 Å². The quantitative estimate of drug-likeness (QED) is 0.154. The number of hydrogen-bond acceptors (Lipinski definition) is 6. The molecule has 0 aromatic carbocycles. The van der Waals surface area contributed by atoms with Gasteiger partial charge in [-0.05, 0) is 109 Å². The summed E-state index contributed by atoms with van der Waals surface area (Å²) >= 11 is 0. The number of aliphatic hydroxyl groups is 2. The van der Waals surface area contributed by atoms with Gasteiger partial charge in [0.15, 0.2) is 5.78 Å². The van der Waals surface area contributed by atoms with Gasteiger partial charge in [0.2, 0.25) is 0 Å². The molecule has 0 aliphatic carbocycles. The molecule has 3 N–H and O–H groups in total. The van der Waals surface area contributed by atoms with Crippen molar-refractivity contribution in [3.8, 4) is 0 Å². The van der Waals surface area contributed by atoms with Crippen LogP contribution in [0.3, 0.4) is 0 Å². The molecule has 40 heavy (non-hydrogen) atoms. The van der Waals surface area contributed by atoms with Crippen LogP contribution >= 0.6 is 0 Å². The van der Waals surface area contributed by atoms with Gasteiger partial charge < -0.3 is 25.1 Å². The molecule has 0 radical (unpaired) electrons. The number of rotatable bonds is 18. The van der Waals surface area contributed by atoms with Crippen LogP contribution in [-0.4, -0.2) is 88.3 Å². The largest absolute Gasteiger partial charge is 0.481 e. The summed E-state index contributed by atoms with van der Waals surface area (Å²) in [5.74, 6) is -0.864. The fraction of sp³-hybridized carbons (Fsp3) is 0.818. The molecule has 2 aliphatic rings. The maximum Gasteiger partial charge on any atom is 0.305 e. The lowest BCUT2D eigenvalue weighted by molar-refractivity contribution is -0.140. The Morgan fingerprint density at radius 3 is 2.02 bits per heavy atom. The van der Waals surface area contributed by atoms with Crippen molar-refractivity contribution in [2.24, 2.45) is 23.7 Å². The van der Waals surface area contributed by atoms with Crippen molar-refractivity contribution >= 4 is 11.8 Å². The average molecular weight is 563 g/mol. The Morgan fingerprint density at radius 1 is 0.850 bits per heavy atom. The van der Waals surface area contributed by atoms with Gasteiger partial charge in [0, 0.05) is 18.4 Å². The molecule has 0 aromatic heterocycles. The predicted octanol–water partition coefficient (Wildman–Crippen LogP) is 5.31. The first-order chi connectivity index (χ1) is 19.1. The molecule has 0 aromatic rings. The van der Waals surface area contributed by atoms with Crippen molar-refractivity contribution in [2.75, 3.05) is 39.3 Å². The molecule has 230 valence electrons. The number of hydrogen-bond donors (Lipinski definition) is 3. The maximum atomic E-state index is 13.1. The fourth-order valence-electron chi connectivity index (χ4n) is 6.36. The van der Waals surface area contributed by atoms with Gasteiger partial charge in [-0.3, -0.25) is 9.59 Å². The predicted molar refractivity (Wildman–Crippen MR) is 162 cm³/mol. The number of carboxylic acids is 1. The van der Waals surface area contributed by atoms with Crippen molar-refractivity contribution in [2.45, 2.75) is 111 Å². The number of ketones is 1. The Morgan fingerprint density at radius 2 is 1.45 bits per heavy atom. The lowest BCUT2D eigenvalue weighted by Crippen LogP contribution is -2.37. The van der Waals surface area contributed by atoms with Gasteiger partial charge in [-0.15, -0.1) is 0 Å². The SMILES string of the molecule is CCC(O)C(C=C(C)C=CC(=O)C(C)CC(CCN1CCCCC1)CC(C)C(O)CC(=O)O)CN1CCCCC1. The number of allylic oxidation sites excluding steroid dienone is 3. The summed E-state index contributed by atoms with van der Waals surface area (Å²) in [6.45, 7) is 14.2. The summed E-state index contributed by atoms with van der Waals surface area (Å²) in [4.78, 5) is 29.2. The number of aliphatic carboxylic acids is 1. The second-order valence-electron chi connectivity index (χ2n) is 12.7. The summed E-state index contributed by atoms with van der Waals surface area (Å²) in [5.41, 5.74) is 1.00. The molecule has 0 bridgehead atoms. The number of nitrogens with zero attached hydrogens (tertiary/aromatic N) is 2. The zero-order valence-electron chi connectivity index (χ0n) is 25.8. The smallest absolute Gasteiger partial charge is 0.305 e. The molecule has 2 saturated heterocycles. The minimum Gasteiger partial charge on any atom is -0.481 e. The Hall–Kier alpha value is -1.54. The van der Waals surface area contributed by atoms with E-state index < -0.39 is 12.1 Å². The van der Waals surface area contributed by atoms with Crippen LogP contribution in [0.1, 0.15) is 98.3 Å². The summed E-state index contributed by atoms with van der Waals surface area (Å²) in [7, 11) is 0. The average Bonchev–Trinajstić information content (AvgIpc) is 2.94. The molecule has 2 fully saturated rings. The zero-order valence-corrected chi connectivity index (χ0v) is 25.8. The van der Waals surface area contributed by atoms with Crippen LogP contribution in [0.15, 0.2) is 23.8 Å². The first-order valence-corrected chi connectivity index (χ1v) is 16.0. The van der Waals surface area contributed by atoms with Gasteiger partial charge in [0.05, 0.1) is 18.6 Å². The molecule has 0 saturated carbocycles. The summed E-state index contributed by atoms with van der Waals surface area (Å²) in [6.07, 6.45) is 14.8. The highest BCUT2D eigenvalue weighted by molar-refractivity contribution is 5.91. The van der Waals surface area contributed by atoms with E-state index in [1.165, 1.54) is 38.5 Å². The van der Waals surface area contributed by atoms with Gasteiger partial charge in [0.25, 0.3) is 0 Å². The zero-order chi connectivity index (χ0) is 29.5. The molecule has 0 spiro atoms. The van der Waals surface area contributed by atoms with Gasteiger partial charge in [-0.1, -0.05) is 51.3 Å². The minimum absolute atomic E-state index is 0.0539. The molecule has 0 amide bonds. The summed E-state index contributed by atoms with van der Waals surface area (Å²) < 4.78 is 0. The molecular weight excluding hydrogens is 504 g/mol. The van der Waals surface area contributed by atoms with Crippen molar-refractivity contribution in [3.05, 3.63) is 23.8 Å². The topological polar surface area (TPSA) is 101 Å². The Bertz CT molecular complexity index is 801. The Labute approximate surface area is 243 Å². The molecule has 6 atom stereocenters. The van der Waals surface area contributed by atoms with E-state index >= 15 is 0 Å². The lowest BCUT2D eigenvalue weighted by Gasteiger charge is -2.31. The van der Waals surface area contributed by atoms with E-state index in [1.54, 1.807) is 6.08 Å². The number of carboxylic acid groups (broad SMARTS) is 1. The van der Waals surface area contributed by atoms with Gasteiger partial charge in [0.1, 0.15) is 0 Å². The number of aliphatic hydroxyl groups excluding tert-OH is 2.